The minimum absolute atomic E-state index is 0.101. The number of esters is 1. The highest BCUT2D eigenvalue weighted by molar-refractivity contribution is 5.92. The third kappa shape index (κ3) is 3.01. The molecule has 0 amide bonds. The largest absolute Gasteiger partial charge is 0.490 e. The third-order valence-electron chi connectivity index (χ3n) is 3.89. The molecule has 0 atom stereocenters. The summed E-state index contributed by atoms with van der Waals surface area (Å²) in [4.78, 5) is 22.6. The molecular formula is C17H15NO5. The van der Waals surface area contributed by atoms with Crippen molar-refractivity contribution < 1.29 is 19.2 Å². The summed E-state index contributed by atoms with van der Waals surface area (Å²) in [6.45, 7) is 0. The van der Waals surface area contributed by atoms with Crippen LogP contribution in [0.5, 0.6) is 11.5 Å². The first-order valence-electron chi connectivity index (χ1n) is 7.25. The molecule has 0 fully saturated rings. The van der Waals surface area contributed by atoms with E-state index in [1.54, 1.807) is 6.07 Å². The van der Waals surface area contributed by atoms with Crippen LogP contribution in [-0.2, 0) is 12.8 Å². The number of carbonyl (C=O) groups is 1. The predicted molar refractivity (Wildman–Crippen MR) is 83.1 cm³/mol. The first-order chi connectivity index (χ1) is 11.1. The summed E-state index contributed by atoms with van der Waals surface area (Å²) >= 11 is 0. The molecule has 0 bridgehead atoms. The van der Waals surface area contributed by atoms with Gasteiger partial charge in [0.2, 0.25) is 0 Å². The van der Waals surface area contributed by atoms with E-state index in [9.17, 15) is 14.9 Å². The van der Waals surface area contributed by atoms with Crippen molar-refractivity contribution in [2.24, 2.45) is 0 Å². The number of fused-ring (bicyclic) bond motifs is 1. The Kier molecular flexibility index (Phi) is 3.97. The summed E-state index contributed by atoms with van der Waals surface area (Å²) in [5, 5.41) is 11.0. The summed E-state index contributed by atoms with van der Waals surface area (Å²) < 4.78 is 10.2. The Morgan fingerprint density at radius 2 is 1.91 bits per heavy atom. The first kappa shape index (κ1) is 15.0. The van der Waals surface area contributed by atoms with Crippen molar-refractivity contribution in [3.63, 3.8) is 0 Å². The Hall–Kier alpha value is -2.89. The van der Waals surface area contributed by atoms with Crippen molar-refractivity contribution in [3.05, 3.63) is 63.2 Å². The van der Waals surface area contributed by atoms with Crippen LogP contribution in [0.25, 0.3) is 0 Å². The molecule has 2 aromatic rings. The molecule has 23 heavy (non-hydrogen) atoms. The minimum Gasteiger partial charge on any atom is -0.490 e. The Morgan fingerprint density at radius 3 is 2.65 bits per heavy atom. The molecule has 118 valence electrons. The first-order valence-corrected chi connectivity index (χ1v) is 7.25. The summed E-state index contributed by atoms with van der Waals surface area (Å²) in [6.07, 6.45) is 3.14. The van der Waals surface area contributed by atoms with Gasteiger partial charge in [-0.05, 0) is 54.7 Å². The third-order valence-corrected chi connectivity index (χ3v) is 3.89. The van der Waals surface area contributed by atoms with Gasteiger partial charge in [-0.25, -0.2) is 4.79 Å². The average molecular weight is 313 g/mol. The van der Waals surface area contributed by atoms with E-state index in [0.717, 1.165) is 25.3 Å². The quantitative estimate of drug-likeness (QED) is 0.374. The molecule has 0 spiro atoms. The molecule has 0 saturated heterocycles. The lowest BCUT2D eigenvalue weighted by atomic mass is 10.1. The summed E-state index contributed by atoms with van der Waals surface area (Å²) in [5.74, 6) is -0.0769. The number of ether oxygens (including phenoxy) is 2. The fourth-order valence-corrected chi connectivity index (χ4v) is 2.74. The Balaban J connectivity index is 1.83. The SMILES string of the molecule is COc1ccc(C(=O)Oc2ccc3c(c2)CCC3)cc1[N+](=O)[O-]. The number of benzene rings is 2. The van der Waals surface area contributed by atoms with Gasteiger partial charge < -0.3 is 9.47 Å². The van der Waals surface area contributed by atoms with Crippen LogP contribution in [0, 0.1) is 10.1 Å². The highest BCUT2D eigenvalue weighted by Crippen LogP contribution is 2.29. The fourth-order valence-electron chi connectivity index (χ4n) is 2.74. The minimum atomic E-state index is -0.631. The molecule has 6 nitrogen and oxygen atoms in total. The molecule has 1 aliphatic rings. The summed E-state index contributed by atoms with van der Waals surface area (Å²) in [5.41, 5.74) is 2.31. The summed E-state index contributed by atoms with van der Waals surface area (Å²) in [6, 6.07) is 9.56. The maximum absolute atomic E-state index is 12.2. The van der Waals surface area contributed by atoms with Crippen LogP contribution < -0.4 is 9.47 Å². The Labute approximate surface area is 132 Å². The zero-order valence-electron chi connectivity index (χ0n) is 12.6. The van der Waals surface area contributed by atoms with Crippen LogP contribution in [0.1, 0.15) is 27.9 Å². The molecule has 0 radical (unpaired) electrons. The van der Waals surface area contributed by atoms with Gasteiger partial charge in [-0.3, -0.25) is 10.1 Å². The zero-order chi connectivity index (χ0) is 16.4. The van der Waals surface area contributed by atoms with Gasteiger partial charge in [0.05, 0.1) is 17.6 Å². The maximum atomic E-state index is 12.2. The van der Waals surface area contributed by atoms with Crippen molar-refractivity contribution in [3.8, 4) is 11.5 Å². The van der Waals surface area contributed by atoms with Gasteiger partial charge in [-0.2, -0.15) is 0 Å². The molecule has 1 aliphatic carbocycles. The molecule has 6 heteroatoms. The van der Waals surface area contributed by atoms with Crippen molar-refractivity contribution >= 4 is 11.7 Å². The fraction of sp³-hybridized carbons (Fsp3) is 0.235. The van der Waals surface area contributed by atoms with Crippen molar-refractivity contribution in [1.29, 1.82) is 0 Å². The van der Waals surface area contributed by atoms with Crippen molar-refractivity contribution in [1.82, 2.24) is 0 Å². The van der Waals surface area contributed by atoms with Crippen LogP contribution in [0.2, 0.25) is 0 Å². The number of methoxy groups -OCH3 is 1. The highest BCUT2D eigenvalue weighted by atomic mass is 16.6. The molecule has 0 N–H and O–H groups in total. The van der Waals surface area contributed by atoms with Gasteiger partial charge in [0.25, 0.3) is 0 Å². The molecule has 2 aromatic carbocycles. The van der Waals surface area contributed by atoms with E-state index >= 15 is 0 Å². The van der Waals surface area contributed by atoms with Crippen LogP contribution >= 0.6 is 0 Å². The molecule has 0 unspecified atom stereocenters. The number of nitro groups is 1. The molecule has 0 aliphatic heterocycles. The molecular weight excluding hydrogens is 298 g/mol. The highest BCUT2D eigenvalue weighted by Gasteiger charge is 2.20. The second-order valence-corrected chi connectivity index (χ2v) is 5.32. The Bertz CT molecular complexity index is 785. The van der Waals surface area contributed by atoms with E-state index in [-0.39, 0.29) is 17.0 Å². The van der Waals surface area contributed by atoms with E-state index < -0.39 is 10.9 Å². The number of nitrogens with zero attached hydrogens (tertiary/aromatic N) is 1. The van der Waals surface area contributed by atoms with Gasteiger partial charge in [0.15, 0.2) is 5.75 Å². The van der Waals surface area contributed by atoms with Crippen molar-refractivity contribution in [2.45, 2.75) is 19.3 Å². The smallest absolute Gasteiger partial charge is 0.343 e. The van der Waals surface area contributed by atoms with Crippen molar-refractivity contribution in [2.75, 3.05) is 7.11 Å². The van der Waals surface area contributed by atoms with Gasteiger partial charge in [0.1, 0.15) is 5.75 Å². The van der Waals surface area contributed by atoms with Crippen LogP contribution in [0.15, 0.2) is 36.4 Å². The topological polar surface area (TPSA) is 78.7 Å². The molecule has 0 aromatic heterocycles. The number of hydrogen-bond acceptors (Lipinski definition) is 5. The summed E-state index contributed by atoms with van der Waals surface area (Å²) in [7, 11) is 1.34. The number of aryl methyl sites for hydroxylation is 2. The van der Waals surface area contributed by atoms with Crippen LogP contribution in [0.4, 0.5) is 5.69 Å². The second kappa shape index (κ2) is 6.08. The van der Waals surface area contributed by atoms with E-state index in [0.29, 0.717) is 5.75 Å². The predicted octanol–water partition coefficient (Wildman–Crippen LogP) is 3.31. The molecule has 3 rings (SSSR count). The standard InChI is InChI=1S/C17H15NO5/c1-22-16-8-6-13(10-15(16)18(20)21)17(19)23-14-7-5-11-3-2-4-12(11)9-14/h5-10H,2-4H2,1H3. The zero-order valence-corrected chi connectivity index (χ0v) is 12.6. The normalized spacial score (nSPS) is 12.6. The lowest BCUT2D eigenvalue weighted by molar-refractivity contribution is -0.385. The van der Waals surface area contributed by atoms with E-state index in [1.165, 1.54) is 30.4 Å². The number of rotatable bonds is 4. The second-order valence-electron chi connectivity index (χ2n) is 5.32. The van der Waals surface area contributed by atoms with Gasteiger partial charge in [-0.1, -0.05) is 6.07 Å². The number of carbonyl (C=O) groups excluding carboxylic acids is 1. The van der Waals surface area contributed by atoms with E-state index in [4.69, 9.17) is 9.47 Å². The number of nitro benzene ring substituents is 1. The average Bonchev–Trinajstić information content (AvgIpc) is 3.01. The van der Waals surface area contributed by atoms with Gasteiger partial charge in [-0.15, -0.1) is 0 Å². The maximum Gasteiger partial charge on any atom is 0.343 e. The van der Waals surface area contributed by atoms with Gasteiger partial charge >= 0.3 is 11.7 Å². The molecule has 0 heterocycles. The van der Waals surface area contributed by atoms with E-state index in [1.807, 2.05) is 12.1 Å². The van der Waals surface area contributed by atoms with E-state index in [2.05, 4.69) is 0 Å². The Morgan fingerprint density at radius 1 is 1.13 bits per heavy atom. The lowest BCUT2D eigenvalue weighted by Crippen LogP contribution is -2.09. The number of hydrogen-bond donors (Lipinski definition) is 0. The van der Waals surface area contributed by atoms with Crippen LogP contribution in [-0.4, -0.2) is 18.0 Å². The van der Waals surface area contributed by atoms with Gasteiger partial charge in [0, 0.05) is 6.07 Å². The monoisotopic (exact) mass is 313 g/mol. The lowest BCUT2D eigenvalue weighted by Gasteiger charge is -2.07. The molecule has 0 saturated carbocycles. The van der Waals surface area contributed by atoms with Crippen LogP contribution in [0.3, 0.4) is 0 Å².